The van der Waals surface area contributed by atoms with Crippen LogP contribution in [0.1, 0.15) is 24.8 Å². The molecule has 3 amide bonds. The molecule has 0 unspecified atom stereocenters. The number of piperidine rings is 1. The number of benzene rings is 1. The number of ether oxygens (including phenoxy) is 1. The highest BCUT2D eigenvalue weighted by Crippen LogP contribution is 2.17. The summed E-state index contributed by atoms with van der Waals surface area (Å²) in [5.41, 5.74) is 6.14. The fraction of sp³-hybridized carbons (Fsp3) is 0.500. The zero-order valence-electron chi connectivity index (χ0n) is 12.7. The van der Waals surface area contributed by atoms with Crippen molar-refractivity contribution in [3.8, 4) is 0 Å². The lowest BCUT2D eigenvalue weighted by atomic mass is 10.0. The predicted molar refractivity (Wildman–Crippen MR) is 83.0 cm³/mol. The van der Waals surface area contributed by atoms with Crippen LogP contribution in [0.3, 0.4) is 0 Å². The van der Waals surface area contributed by atoms with Crippen molar-refractivity contribution in [1.82, 2.24) is 10.2 Å². The van der Waals surface area contributed by atoms with Gasteiger partial charge in [0.2, 0.25) is 5.91 Å². The molecule has 1 aliphatic rings. The number of nitrogens with zero attached hydrogens (tertiary/aromatic N) is 1. The van der Waals surface area contributed by atoms with Crippen LogP contribution in [-0.4, -0.2) is 42.6 Å². The van der Waals surface area contributed by atoms with Gasteiger partial charge >= 0.3 is 6.03 Å². The Balaban J connectivity index is 1.79. The standard InChI is InChI=1S/C16H23N3O3/c17-16(21)18-10-14-8-4-5-9-19(14)15(20)12-22-11-13-6-2-1-3-7-13/h1-3,6-7,14H,4-5,8-12H2,(H3,17,18,21)/t14-/m1/s1. The fourth-order valence-electron chi connectivity index (χ4n) is 2.67. The minimum absolute atomic E-state index is 0.00840. The van der Waals surface area contributed by atoms with Gasteiger partial charge in [0.15, 0.2) is 0 Å². The molecular weight excluding hydrogens is 282 g/mol. The lowest BCUT2D eigenvalue weighted by Crippen LogP contribution is -2.51. The van der Waals surface area contributed by atoms with Crippen LogP contribution in [-0.2, 0) is 16.1 Å². The molecule has 1 aromatic rings. The van der Waals surface area contributed by atoms with Crippen molar-refractivity contribution in [1.29, 1.82) is 0 Å². The number of likely N-dealkylation sites (tertiary alicyclic amines) is 1. The molecule has 22 heavy (non-hydrogen) atoms. The summed E-state index contributed by atoms with van der Waals surface area (Å²) < 4.78 is 5.51. The number of nitrogens with two attached hydrogens (primary N) is 1. The zero-order valence-corrected chi connectivity index (χ0v) is 12.7. The Morgan fingerprint density at radius 2 is 2.05 bits per heavy atom. The third kappa shape index (κ3) is 5.04. The van der Waals surface area contributed by atoms with Crippen molar-refractivity contribution >= 4 is 11.9 Å². The van der Waals surface area contributed by atoms with Crippen molar-refractivity contribution in [2.24, 2.45) is 5.73 Å². The molecule has 6 heteroatoms. The molecule has 0 radical (unpaired) electrons. The maximum Gasteiger partial charge on any atom is 0.312 e. The third-order valence-corrected chi connectivity index (χ3v) is 3.80. The van der Waals surface area contributed by atoms with Crippen LogP contribution < -0.4 is 11.1 Å². The minimum Gasteiger partial charge on any atom is -0.367 e. The van der Waals surface area contributed by atoms with E-state index >= 15 is 0 Å². The van der Waals surface area contributed by atoms with Crippen LogP contribution in [0, 0.1) is 0 Å². The van der Waals surface area contributed by atoms with Gasteiger partial charge < -0.3 is 20.7 Å². The van der Waals surface area contributed by atoms with Gasteiger partial charge in [-0.25, -0.2) is 4.79 Å². The Morgan fingerprint density at radius 3 is 2.77 bits per heavy atom. The van der Waals surface area contributed by atoms with Crippen molar-refractivity contribution in [2.45, 2.75) is 31.9 Å². The summed E-state index contributed by atoms with van der Waals surface area (Å²) in [5.74, 6) is -0.0353. The van der Waals surface area contributed by atoms with Crippen molar-refractivity contribution in [3.63, 3.8) is 0 Å². The van der Waals surface area contributed by atoms with Crippen molar-refractivity contribution < 1.29 is 14.3 Å². The first-order chi connectivity index (χ1) is 10.7. The van der Waals surface area contributed by atoms with Gasteiger partial charge in [-0.05, 0) is 24.8 Å². The predicted octanol–water partition coefficient (Wildman–Crippen LogP) is 1.25. The average Bonchev–Trinajstić information content (AvgIpc) is 2.54. The minimum atomic E-state index is -0.557. The van der Waals surface area contributed by atoms with Gasteiger partial charge in [0.1, 0.15) is 6.61 Å². The molecule has 0 saturated carbocycles. The summed E-state index contributed by atoms with van der Waals surface area (Å²) in [6.07, 6.45) is 2.92. The molecule has 1 aromatic carbocycles. The Morgan fingerprint density at radius 1 is 1.27 bits per heavy atom. The van der Waals surface area contributed by atoms with Gasteiger partial charge in [0.25, 0.3) is 0 Å². The number of hydrogen-bond acceptors (Lipinski definition) is 3. The number of hydrogen-bond donors (Lipinski definition) is 2. The quantitative estimate of drug-likeness (QED) is 0.829. The highest BCUT2D eigenvalue weighted by molar-refractivity contribution is 5.78. The number of primary amides is 1. The summed E-state index contributed by atoms with van der Waals surface area (Å²) in [7, 11) is 0. The molecule has 0 aromatic heterocycles. The second-order valence-electron chi connectivity index (χ2n) is 5.46. The summed E-state index contributed by atoms with van der Waals surface area (Å²) in [6, 6.07) is 9.20. The van der Waals surface area contributed by atoms with E-state index in [9.17, 15) is 9.59 Å². The van der Waals surface area contributed by atoms with Crippen LogP contribution in [0.2, 0.25) is 0 Å². The number of carbonyl (C=O) groups excluding carboxylic acids is 2. The molecule has 3 N–H and O–H groups in total. The Bertz CT molecular complexity index is 493. The average molecular weight is 305 g/mol. The van der Waals surface area contributed by atoms with Gasteiger partial charge in [0.05, 0.1) is 6.61 Å². The van der Waals surface area contributed by atoms with Gasteiger partial charge in [-0.3, -0.25) is 4.79 Å². The first kappa shape index (κ1) is 16.3. The van der Waals surface area contributed by atoms with Gasteiger partial charge in [-0.2, -0.15) is 0 Å². The Kier molecular flexibility index (Phi) is 6.21. The van der Waals surface area contributed by atoms with E-state index in [1.54, 1.807) is 4.90 Å². The Labute approximate surface area is 130 Å². The van der Waals surface area contributed by atoms with Crippen LogP contribution in [0.5, 0.6) is 0 Å². The smallest absolute Gasteiger partial charge is 0.312 e. The maximum atomic E-state index is 12.3. The number of carbonyl (C=O) groups is 2. The van der Waals surface area contributed by atoms with E-state index in [0.717, 1.165) is 24.8 Å². The largest absolute Gasteiger partial charge is 0.367 e. The first-order valence-electron chi connectivity index (χ1n) is 7.61. The normalized spacial score (nSPS) is 18.0. The maximum absolute atomic E-state index is 12.3. The highest BCUT2D eigenvalue weighted by atomic mass is 16.5. The van der Waals surface area contributed by atoms with Crippen LogP contribution in [0.4, 0.5) is 4.79 Å². The lowest BCUT2D eigenvalue weighted by Gasteiger charge is -2.35. The summed E-state index contributed by atoms with van der Waals surface area (Å²) in [5, 5.41) is 2.59. The topological polar surface area (TPSA) is 84.7 Å². The van der Waals surface area contributed by atoms with E-state index in [1.807, 2.05) is 30.3 Å². The van der Waals surface area contributed by atoms with Crippen molar-refractivity contribution in [3.05, 3.63) is 35.9 Å². The molecule has 1 heterocycles. The van der Waals surface area contributed by atoms with Gasteiger partial charge in [-0.15, -0.1) is 0 Å². The molecule has 1 fully saturated rings. The zero-order chi connectivity index (χ0) is 15.8. The molecule has 1 aliphatic heterocycles. The highest BCUT2D eigenvalue weighted by Gasteiger charge is 2.26. The van der Waals surface area contributed by atoms with Gasteiger partial charge in [-0.1, -0.05) is 30.3 Å². The summed E-state index contributed by atoms with van der Waals surface area (Å²) in [4.78, 5) is 24.9. The molecular formula is C16H23N3O3. The first-order valence-corrected chi connectivity index (χ1v) is 7.61. The summed E-state index contributed by atoms with van der Waals surface area (Å²) in [6.45, 7) is 1.59. The number of nitrogens with one attached hydrogen (secondary N) is 1. The van der Waals surface area contributed by atoms with E-state index in [1.165, 1.54) is 0 Å². The molecule has 6 nitrogen and oxygen atoms in total. The number of rotatable bonds is 6. The molecule has 0 aliphatic carbocycles. The van der Waals surface area contributed by atoms with Crippen LogP contribution >= 0.6 is 0 Å². The molecule has 0 spiro atoms. The molecule has 0 bridgehead atoms. The van der Waals surface area contributed by atoms with Crippen LogP contribution in [0.25, 0.3) is 0 Å². The molecule has 120 valence electrons. The van der Waals surface area contributed by atoms with Crippen LogP contribution in [0.15, 0.2) is 30.3 Å². The Hall–Kier alpha value is -2.08. The summed E-state index contributed by atoms with van der Waals surface area (Å²) >= 11 is 0. The van der Waals surface area contributed by atoms with Gasteiger partial charge in [0, 0.05) is 19.1 Å². The molecule has 2 rings (SSSR count). The monoisotopic (exact) mass is 305 g/mol. The van der Waals surface area contributed by atoms with E-state index < -0.39 is 6.03 Å². The molecule has 1 saturated heterocycles. The van der Waals surface area contributed by atoms with Crippen molar-refractivity contribution in [2.75, 3.05) is 19.7 Å². The SMILES string of the molecule is NC(=O)NC[C@H]1CCCCN1C(=O)COCc1ccccc1. The van der Waals surface area contributed by atoms with E-state index in [0.29, 0.717) is 19.7 Å². The van der Waals surface area contributed by atoms with E-state index in [2.05, 4.69) is 5.32 Å². The van der Waals surface area contributed by atoms with E-state index in [4.69, 9.17) is 10.5 Å². The van der Waals surface area contributed by atoms with E-state index in [-0.39, 0.29) is 18.6 Å². The molecule has 1 atom stereocenters. The second kappa shape index (κ2) is 8.38. The second-order valence-corrected chi connectivity index (χ2v) is 5.46. The number of urea groups is 1. The lowest BCUT2D eigenvalue weighted by molar-refractivity contribution is -0.140. The fourth-order valence-corrected chi connectivity index (χ4v) is 2.67. The third-order valence-electron chi connectivity index (χ3n) is 3.80. The number of amides is 3.